The van der Waals surface area contributed by atoms with Crippen LogP contribution in [0.25, 0.3) is 0 Å². The fraction of sp³-hybridized carbons (Fsp3) is 0.875. The van der Waals surface area contributed by atoms with Gasteiger partial charge in [-0.2, -0.15) is 13.2 Å². The Morgan fingerprint density at radius 3 is 2.27 bits per heavy atom. The van der Waals surface area contributed by atoms with Crippen molar-refractivity contribution in [1.29, 1.82) is 0 Å². The monoisotopic (exact) mass is 228 g/mol. The van der Waals surface area contributed by atoms with Crippen molar-refractivity contribution in [2.24, 2.45) is 11.7 Å². The van der Waals surface area contributed by atoms with Crippen molar-refractivity contribution < 1.29 is 22.8 Å². The van der Waals surface area contributed by atoms with Crippen LogP contribution in [0.2, 0.25) is 0 Å². The second-order valence-electron chi connectivity index (χ2n) is 3.84. The molecule has 1 atom stereocenters. The number of rotatable bonds is 4. The zero-order chi connectivity index (χ0) is 12.3. The Labute approximate surface area is 85.9 Å². The minimum Gasteiger partial charge on any atom is -0.310 e. The zero-order valence-corrected chi connectivity index (χ0v) is 8.81. The van der Waals surface area contributed by atoms with E-state index in [1.54, 1.807) is 19.3 Å². The first-order valence-corrected chi connectivity index (χ1v) is 4.37. The Bertz CT molecular complexity index is 226. The van der Waals surface area contributed by atoms with Crippen LogP contribution < -0.4 is 11.2 Å². The maximum Gasteiger partial charge on any atom is 0.415 e. The number of alkyl halides is 3. The molecule has 0 saturated carbocycles. The molecule has 1 unspecified atom stereocenters. The molecule has 3 N–H and O–H groups in total. The Kier molecular flexibility index (Phi) is 4.54. The first-order valence-electron chi connectivity index (χ1n) is 4.37. The second kappa shape index (κ2) is 4.80. The van der Waals surface area contributed by atoms with E-state index in [2.05, 4.69) is 4.84 Å². The molecule has 0 aromatic heterocycles. The fourth-order valence-electron chi connectivity index (χ4n) is 0.509. The van der Waals surface area contributed by atoms with Gasteiger partial charge in [0, 0.05) is 0 Å². The van der Waals surface area contributed by atoms with Gasteiger partial charge in [-0.1, -0.05) is 13.8 Å². The van der Waals surface area contributed by atoms with Gasteiger partial charge < -0.3 is 5.73 Å². The van der Waals surface area contributed by atoms with Crippen molar-refractivity contribution >= 4 is 5.91 Å². The number of nitrogens with one attached hydrogen (secondary N) is 1. The molecule has 0 bridgehead atoms. The second-order valence-corrected chi connectivity index (χ2v) is 3.84. The molecule has 0 aliphatic heterocycles. The maximum atomic E-state index is 12.2. The van der Waals surface area contributed by atoms with Crippen molar-refractivity contribution in [3.8, 4) is 0 Å². The van der Waals surface area contributed by atoms with Crippen LogP contribution in [0.15, 0.2) is 0 Å². The van der Waals surface area contributed by atoms with Crippen LogP contribution in [-0.2, 0) is 9.63 Å². The molecule has 0 heterocycles. The predicted molar refractivity (Wildman–Crippen MR) is 47.6 cm³/mol. The number of hydroxylamine groups is 1. The van der Waals surface area contributed by atoms with Gasteiger partial charge in [-0.25, -0.2) is 5.48 Å². The molecule has 4 nitrogen and oxygen atoms in total. The van der Waals surface area contributed by atoms with E-state index in [1.165, 1.54) is 0 Å². The lowest BCUT2D eigenvalue weighted by Crippen LogP contribution is -2.61. The van der Waals surface area contributed by atoms with E-state index in [0.29, 0.717) is 6.92 Å². The van der Waals surface area contributed by atoms with Crippen LogP contribution in [0.5, 0.6) is 0 Å². The van der Waals surface area contributed by atoms with E-state index >= 15 is 0 Å². The van der Waals surface area contributed by atoms with Gasteiger partial charge in [0.1, 0.15) is 0 Å². The van der Waals surface area contributed by atoms with Crippen LogP contribution >= 0.6 is 0 Å². The Hall–Kier alpha value is -0.820. The highest BCUT2D eigenvalue weighted by Crippen LogP contribution is 2.27. The molecule has 0 rings (SSSR count). The van der Waals surface area contributed by atoms with Crippen LogP contribution in [0.1, 0.15) is 20.8 Å². The third-order valence-electron chi connectivity index (χ3n) is 1.64. The van der Waals surface area contributed by atoms with Crippen molar-refractivity contribution in [1.82, 2.24) is 5.48 Å². The van der Waals surface area contributed by atoms with E-state index < -0.39 is 17.6 Å². The van der Waals surface area contributed by atoms with Crippen molar-refractivity contribution in [3.63, 3.8) is 0 Å². The van der Waals surface area contributed by atoms with Gasteiger partial charge in [-0.15, -0.1) is 0 Å². The minimum atomic E-state index is -4.81. The standard InChI is InChI=1S/C8H15F3N2O2/c1-5(2)4-15-13-6(14)7(3,12)8(9,10)11/h5H,4,12H2,1-3H3,(H,13,14). The summed E-state index contributed by atoms with van der Waals surface area (Å²) in [7, 11) is 0. The van der Waals surface area contributed by atoms with Crippen LogP contribution in [0.3, 0.4) is 0 Å². The van der Waals surface area contributed by atoms with Crippen LogP contribution in [-0.4, -0.2) is 24.2 Å². The highest BCUT2D eigenvalue weighted by atomic mass is 19.4. The number of hydrogen-bond donors (Lipinski definition) is 2. The van der Waals surface area contributed by atoms with E-state index in [4.69, 9.17) is 5.73 Å². The average Bonchev–Trinajstić information content (AvgIpc) is 2.01. The zero-order valence-electron chi connectivity index (χ0n) is 8.81. The quantitative estimate of drug-likeness (QED) is 0.705. The van der Waals surface area contributed by atoms with Crippen LogP contribution in [0, 0.1) is 5.92 Å². The molecular formula is C8H15F3N2O2. The number of hydrogen-bond acceptors (Lipinski definition) is 3. The Morgan fingerprint density at radius 2 is 1.93 bits per heavy atom. The number of halogens is 3. The molecule has 15 heavy (non-hydrogen) atoms. The van der Waals surface area contributed by atoms with E-state index in [1.807, 2.05) is 0 Å². The van der Waals surface area contributed by atoms with Gasteiger partial charge in [0.25, 0.3) is 5.91 Å². The molecule has 0 aliphatic carbocycles. The summed E-state index contributed by atoms with van der Waals surface area (Å²) in [5.41, 5.74) is 3.57. The minimum absolute atomic E-state index is 0.0974. The third kappa shape index (κ3) is 4.05. The molecule has 0 saturated heterocycles. The van der Waals surface area contributed by atoms with Gasteiger partial charge in [0.2, 0.25) is 0 Å². The summed E-state index contributed by atoms with van der Waals surface area (Å²) < 4.78 is 36.7. The van der Waals surface area contributed by atoms with Crippen molar-refractivity contribution in [3.05, 3.63) is 0 Å². The summed E-state index contributed by atoms with van der Waals surface area (Å²) in [6.07, 6.45) is -4.81. The number of carbonyl (C=O) groups excluding carboxylic acids is 1. The number of amides is 1. The van der Waals surface area contributed by atoms with Gasteiger partial charge in [-0.3, -0.25) is 9.63 Å². The van der Waals surface area contributed by atoms with E-state index in [-0.39, 0.29) is 12.5 Å². The first-order chi connectivity index (χ1) is 6.59. The average molecular weight is 228 g/mol. The molecule has 90 valence electrons. The van der Waals surface area contributed by atoms with E-state index in [9.17, 15) is 18.0 Å². The highest BCUT2D eigenvalue weighted by molar-refractivity contribution is 5.85. The van der Waals surface area contributed by atoms with E-state index in [0.717, 1.165) is 0 Å². The summed E-state index contributed by atoms with van der Waals surface area (Å²) >= 11 is 0. The fourth-order valence-corrected chi connectivity index (χ4v) is 0.509. The SMILES string of the molecule is CC(C)CONC(=O)C(C)(N)C(F)(F)F. The molecule has 0 aromatic carbocycles. The summed E-state index contributed by atoms with van der Waals surface area (Å²) in [6.45, 7) is 4.29. The lowest BCUT2D eigenvalue weighted by Gasteiger charge is -2.25. The maximum absolute atomic E-state index is 12.2. The number of nitrogens with two attached hydrogens (primary N) is 1. The third-order valence-corrected chi connectivity index (χ3v) is 1.64. The summed E-state index contributed by atoms with van der Waals surface area (Å²) in [5, 5.41) is 0. The van der Waals surface area contributed by atoms with Crippen molar-refractivity contribution in [2.45, 2.75) is 32.5 Å². The summed E-state index contributed by atoms with van der Waals surface area (Å²) in [4.78, 5) is 15.6. The molecule has 0 spiro atoms. The molecule has 0 radical (unpaired) electrons. The van der Waals surface area contributed by atoms with Gasteiger partial charge >= 0.3 is 6.18 Å². The first kappa shape index (κ1) is 14.2. The highest BCUT2D eigenvalue weighted by Gasteiger charge is 2.54. The van der Waals surface area contributed by atoms with Gasteiger partial charge in [0.05, 0.1) is 6.61 Å². The number of carbonyl (C=O) groups is 1. The molecule has 1 amide bonds. The van der Waals surface area contributed by atoms with Crippen molar-refractivity contribution in [2.75, 3.05) is 6.61 Å². The molecule has 0 fully saturated rings. The lowest BCUT2D eigenvalue weighted by atomic mass is 10.0. The van der Waals surface area contributed by atoms with Gasteiger partial charge in [-0.05, 0) is 12.8 Å². The largest absolute Gasteiger partial charge is 0.415 e. The summed E-state index contributed by atoms with van der Waals surface area (Å²) in [5.74, 6) is -1.31. The summed E-state index contributed by atoms with van der Waals surface area (Å²) in [6, 6.07) is 0. The smallest absolute Gasteiger partial charge is 0.310 e. The normalized spacial score (nSPS) is 16.3. The van der Waals surface area contributed by atoms with Gasteiger partial charge in [0.15, 0.2) is 5.54 Å². The molecule has 0 aromatic rings. The predicted octanol–water partition coefficient (Wildman–Crippen LogP) is 0.970. The molecule has 0 aliphatic rings. The topological polar surface area (TPSA) is 64.3 Å². The molecule has 7 heteroatoms. The Morgan fingerprint density at radius 1 is 1.47 bits per heavy atom. The Balaban J connectivity index is 4.21. The van der Waals surface area contributed by atoms with Crippen LogP contribution in [0.4, 0.5) is 13.2 Å². The molecular weight excluding hydrogens is 213 g/mol. The lowest BCUT2D eigenvalue weighted by molar-refractivity contribution is -0.194.